The molecule has 2 fully saturated rings. The third-order valence-electron chi connectivity index (χ3n) is 5.32. The van der Waals surface area contributed by atoms with E-state index in [1.165, 1.54) is 6.08 Å². The Morgan fingerprint density at radius 2 is 1.56 bits per heavy atom. The van der Waals surface area contributed by atoms with Gasteiger partial charge in [-0.15, -0.1) is 0 Å². The van der Waals surface area contributed by atoms with E-state index in [0.717, 1.165) is 41.1 Å². The van der Waals surface area contributed by atoms with Crippen molar-refractivity contribution in [2.24, 2.45) is 9.98 Å². The lowest BCUT2D eigenvalue weighted by Crippen LogP contribution is -2.06. The molecule has 186 valence electrons. The Morgan fingerprint density at radius 1 is 0.944 bits per heavy atom. The van der Waals surface area contributed by atoms with E-state index in [-0.39, 0.29) is 18.2 Å². The number of rotatable bonds is 13. The number of carbonyl (C=O) groups is 1. The molecule has 0 saturated carbocycles. The summed E-state index contributed by atoms with van der Waals surface area (Å²) in [5, 5.41) is 0. The van der Waals surface area contributed by atoms with Crippen molar-refractivity contribution in [1.82, 2.24) is 0 Å². The van der Waals surface area contributed by atoms with E-state index in [1.807, 2.05) is 67.7 Å². The molecule has 0 aromatic heterocycles. The van der Waals surface area contributed by atoms with E-state index in [2.05, 4.69) is 16.6 Å². The number of allylic oxidation sites excluding steroid dienone is 3. The van der Waals surface area contributed by atoms with Crippen molar-refractivity contribution in [2.45, 2.75) is 25.6 Å². The molecule has 2 heterocycles. The molecule has 2 aliphatic rings. The van der Waals surface area contributed by atoms with Gasteiger partial charge in [0.25, 0.3) is 0 Å². The van der Waals surface area contributed by atoms with Crippen LogP contribution < -0.4 is 0 Å². The fraction of sp³-hybridized carbons (Fsp3) is 0.276. The third-order valence-corrected chi connectivity index (χ3v) is 5.32. The molecular weight excluding hydrogens is 456 g/mol. The summed E-state index contributed by atoms with van der Waals surface area (Å²) >= 11 is 0. The van der Waals surface area contributed by atoms with Gasteiger partial charge in [-0.1, -0.05) is 43.8 Å². The molecule has 0 spiro atoms. The zero-order valence-electron chi connectivity index (χ0n) is 20.3. The topological polar surface area (TPSA) is 85.3 Å². The van der Waals surface area contributed by atoms with E-state index >= 15 is 0 Å². The summed E-state index contributed by atoms with van der Waals surface area (Å²) in [7, 11) is 0. The highest BCUT2D eigenvalue weighted by atomic mass is 16.6. The van der Waals surface area contributed by atoms with E-state index in [1.54, 1.807) is 12.3 Å². The Kier molecular flexibility index (Phi) is 8.97. The van der Waals surface area contributed by atoms with Crippen LogP contribution in [0.1, 0.15) is 24.5 Å². The standard InChI is InChI=1S/C29H30N2O5/c1-3-4-22(7-14-29(32)36-20-28-19-35-28)15-30-25-10-12-26(13-11-25)31-16-23-5-8-24(9-6-23)21(2)33-17-27-18-34-27/h4-16,27-28H,2-3,17-20H2,1H3/b14-7?,22-4+,30-15+,31-16+. The molecule has 36 heavy (non-hydrogen) atoms. The summed E-state index contributed by atoms with van der Waals surface area (Å²) in [5.74, 6) is 0.251. The second-order valence-corrected chi connectivity index (χ2v) is 8.38. The van der Waals surface area contributed by atoms with Crippen LogP contribution in [0, 0.1) is 0 Å². The molecule has 0 N–H and O–H groups in total. The molecule has 2 aromatic carbocycles. The zero-order valence-corrected chi connectivity index (χ0v) is 20.3. The van der Waals surface area contributed by atoms with Crippen LogP contribution in [0.4, 0.5) is 11.4 Å². The number of aliphatic imine (C=N–C) groups is 2. The maximum Gasteiger partial charge on any atom is 0.330 e. The Bertz CT molecular complexity index is 1160. The molecule has 2 unspecified atom stereocenters. The molecule has 2 saturated heterocycles. The van der Waals surface area contributed by atoms with Gasteiger partial charge in [0.05, 0.1) is 24.6 Å². The highest BCUT2D eigenvalue weighted by molar-refractivity contribution is 5.89. The Hall–Kier alpha value is -3.81. The van der Waals surface area contributed by atoms with Gasteiger partial charge < -0.3 is 18.9 Å². The van der Waals surface area contributed by atoms with Crippen molar-refractivity contribution in [2.75, 3.05) is 26.4 Å². The molecule has 0 amide bonds. The second-order valence-electron chi connectivity index (χ2n) is 8.38. The lowest BCUT2D eigenvalue weighted by Gasteiger charge is -2.07. The van der Waals surface area contributed by atoms with Crippen LogP contribution in [0.5, 0.6) is 0 Å². The Labute approximate surface area is 211 Å². The normalized spacial score (nSPS) is 19.2. The SMILES string of the molecule is C=C(OCC1CO1)c1ccc(/C=N/c2ccc(/N=C/C(C=CC(=O)OCC3CO3)=C/CC)cc2)cc1. The first-order valence-corrected chi connectivity index (χ1v) is 12.0. The van der Waals surface area contributed by atoms with Gasteiger partial charge in [-0.05, 0) is 47.9 Å². The molecule has 2 aliphatic heterocycles. The van der Waals surface area contributed by atoms with Crippen molar-refractivity contribution < 1.29 is 23.7 Å². The predicted octanol–water partition coefficient (Wildman–Crippen LogP) is 5.36. The van der Waals surface area contributed by atoms with Gasteiger partial charge in [-0.2, -0.15) is 0 Å². The number of hydrogen-bond acceptors (Lipinski definition) is 7. The van der Waals surface area contributed by atoms with Gasteiger partial charge in [-0.25, -0.2) is 4.79 Å². The van der Waals surface area contributed by atoms with E-state index < -0.39 is 0 Å². The summed E-state index contributed by atoms with van der Waals surface area (Å²) < 4.78 is 20.9. The van der Waals surface area contributed by atoms with E-state index in [0.29, 0.717) is 25.6 Å². The van der Waals surface area contributed by atoms with Crippen LogP contribution in [-0.2, 0) is 23.7 Å². The molecule has 0 radical (unpaired) electrons. The molecule has 2 aromatic rings. The summed E-state index contributed by atoms with van der Waals surface area (Å²) in [5.41, 5.74) is 4.35. The minimum absolute atomic E-state index is 0.0560. The number of nitrogens with zero attached hydrogens (tertiary/aromatic N) is 2. The first-order chi connectivity index (χ1) is 17.6. The molecular formula is C29H30N2O5. The Morgan fingerprint density at radius 3 is 2.17 bits per heavy atom. The number of epoxide rings is 2. The van der Waals surface area contributed by atoms with Crippen molar-refractivity contribution >= 4 is 35.5 Å². The molecule has 4 rings (SSSR count). The van der Waals surface area contributed by atoms with Crippen molar-refractivity contribution in [1.29, 1.82) is 0 Å². The summed E-state index contributed by atoms with van der Waals surface area (Å²) in [6.07, 6.45) is 9.73. The number of benzene rings is 2. The van der Waals surface area contributed by atoms with E-state index in [4.69, 9.17) is 18.9 Å². The van der Waals surface area contributed by atoms with Crippen molar-refractivity contribution in [3.63, 3.8) is 0 Å². The first-order valence-electron chi connectivity index (χ1n) is 12.0. The molecule has 7 nitrogen and oxygen atoms in total. The third kappa shape index (κ3) is 8.76. The van der Waals surface area contributed by atoms with Crippen LogP contribution in [0.2, 0.25) is 0 Å². The average molecular weight is 487 g/mol. The predicted molar refractivity (Wildman–Crippen MR) is 141 cm³/mol. The summed E-state index contributed by atoms with van der Waals surface area (Å²) in [6.45, 7) is 8.26. The van der Waals surface area contributed by atoms with E-state index in [9.17, 15) is 4.79 Å². The van der Waals surface area contributed by atoms with Gasteiger partial charge in [0, 0.05) is 24.1 Å². The lowest BCUT2D eigenvalue weighted by molar-refractivity contribution is -0.138. The number of ether oxygens (including phenoxy) is 4. The maximum absolute atomic E-state index is 11.8. The van der Waals surface area contributed by atoms with Crippen LogP contribution in [0.25, 0.3) is 5.76 Å². The van der Waals surface area contributed by atoms with Gasteiger partial charge in [-0.3, -0.25) is 9.98 Å². The summed E-state index contributed by atoms with van der Waals surface area (Å²) in [4.78, 5) is 20.8. The van der Waals surface area contributed by atoms with Gasteiger partial charge in [0.2, 0.25) is 0 Å². The van der Waals surface area contributed by atoms with Crippen LogP contribution in [0.3, 0.4) is 0 Å². The quantitative estimate of drug-likeness (QED) is 0.0950. The number of hydrogen-bond donors (Lipinski definition) is 0. The van der Waals surface area contributed by atoms with Crippen LogP contribution in [0.15, 0.2) is 88.9 Å². The second kappa shape index (κ2) is 12.8. The maximum atomic E-state index is 11.8. The number of carbonyl (C=O) groups excluding carboxylic acids is 1. The van der Waals surface area contributed by atoms with Crippen LogP contribution >= 0.6 is 0 Å². The molecule has 2 atom stereocenters. The monoisotopic (exact) mass is 486 g/mol. The largest absolute Gasteiger partial charge is 0.491 e. The summed E-state index contributed by atoms with van der Waals surface area (Å²) in [6, 6.07) is 15.5. The highest BCUT2D eigenvalue weighted by Gasteiger charge is 2.24. The average Bonchev–Trinajstić information content (AvgIpc) is 3.83. The Balaban J connectivity index is 1.28. The van der Waals surface area contributed by atoms with Gasteiger partial charge in [0.1, 0.15) is 31.2 Å². The van der Waals surface area contributed by atoms with Crippen molar-refractivity contribution in [3.05, 3.63) is 90.0 Å². The number of esters is 1. The van der Waals surface area contributed by atoms with Crippen LogP contribution in [-0.4, -0.2) is 57.0 Å². The smallest absolute Gasteiger partial charge is 0.330 e. The van der Waals surface area contributed by atoms with Gasteiger partial charge in [0.15, 0.2) is 0 Å². The molecule has 7 heteroatoms. The minimum Gasteiger partial charge on any atom is -0.491 e. The fourth-order valence-corrected chi connectivity index (χ4v) is 3.07. The first kappa shape index (κ1) is 25.3. The highest BCUT2D eigenvalue weighted by Crippen LogP contribution is 2.20. The molecule has 0 aliphatic carbocycles. The van der Waals surface area contributed by atoms with Crippen molar-refractivity contribution in [3.8, 4) is 0 Å². The zero-order chi connectivity index (χ0) is 25.2. The van der Waals surface area contributed by atoms with Gasteiger partial charge >= 0.3 is 5.97 Å². The fourth-order valence-electron chi connectivity index (χ4n) is 3.07. The minimum atomic E-state index is -0.389. The lowest BCUT2D eigenvalue weighted by atomic mass is 10.1. The molecule has 0 bridgehead atoms.